The average Bonchev–Trinajstić information content (AvgIpc) is 2.89. The minimum absolute atomic E-state index is 0.624. The van der Waals surface area contributed by atoms with Crippen molar-refractivity contribution in [2.45, 2.75) is 26.2 Å². The summed E-state index contributed by atoms with van der Waals surface area (Å²) in [4.78, 5) is 4.53. The van der Waals surface area contributed by atoms with Crippen molar-refractivity contribution in [3.8, 4) is 11.4 Å². The number of aryl methyl sites for hydroxylation is 1. The maximum atomic E-state index is 5.39. The summed E-state index contributed by atoms with van der Waals surface area (Å²) in [5.41, 5.74) is 2.23. The molecule has 1 saturated heterocycles. The van der Waals surface area contributed by atoms with Crippen LogP contribution in [-0.4, -0.2) is 23.2 Å². The first-order chi connectivity index (χ1) is 9.33. The highest BCUT2D eigenvalue weighted by atomic mass is 16.5. The Morgan fingerprint density at radius 2 is 2.26 bits per heavy atom. The van der Waals surface area contributed by atoms with Gasteiger partial charge in [0.25, 0.3) is 0 Å². The van der Waals surface area contributed by atoms with Crippen LogP contribution in [0, 0.1) is 12.8 Å². The van der Waals surface area contributed by atoms with Crippen LogP contribution in [0.15, 0.2) is 28.8 Å². The number of nitrogens with zero attached hydrogens (tertiary/aromatic N) is 2. The summed E-state index contributed by atoms with van der Waals surface area (Å²) in [7, 11) is 0. The molecule has 4 heteroatoms. The maximum absolute atomic E-state index is 5.39. The number of benzene rings is 1. The Morgan fingerprint density at radius 1 is 1.37 bits per heavy atom. The lowest BCUT2D eigenvalue weighted by atomic mass is 9.96. The molecule has 3 rings (SSSR count). The minimum Gasteiger partial charge on any atom is -0.339 e. The molecule has 1 fully saturated rings. The lowest BCUT2D eigenvalue weighted by Gasteiger charge is -2.20. The van der Waals surface area contributed by atoms with E-state index in [1.807, 2.05) is 18.2 Å². The Bertz CT molecular complexity index is 544. The summed E-state index contributed by atoms with van der Waals surface area (Å²) in [6.07, 6.45) is 3.37. The van der Waals surface area contributed by atoms with Gasteiger partial charge in [0.15, 0.2) is 0 Å². The molecule has 1 aliphatic heterocycles. The molecule has 0 amide bonds. The van der Waals surface area contributed by atoms with Crippen molar-refractivity contribution < 1.29 is 4.52 Å². The smallest absolute Gasteiger partial charge is 0.227 e. The van der Waals surface area contributed by atoms with Gasteiger partial charge in [-0.1, -0.05) is 29.4 Å². The molecule has 1 N–H and O–H groups in total. The normalized spacial score (nSPS) is 19.5. The first-order valence-corrected chi connectivity index (χ1v) is 6.92. The molecule has 0 saturated carbocycles. The maximum Gasteiger partial charge on any atom is 0.227 e. The molecule has 4 nitrogen and oxygen atoms in total. The van der Waals surface area contributed by atoms with E-state index in [4.69, 9.17) is 4.52 Å². The quantitative estimate of drug-likeness (QED) is 0.918. The predicted octanol–water partition coefficient (Wildman–Crippen LogP) is 2.59. The SMILES string of the molecule is Cc1ccccc1-c1noc(C[C@H]2CCCNC2)n1. The van der Waals surface area contributed by atoms with Crippen LogP contribution in [0.4, 0.5) is 0 Å². The molecule has 2 aromatic rings. The molecule has 1 aromatic heterocycles. The number of hydrogen-bond donors (Lipinski definition) is 1. The van der Waals surface area contributed by atoms with Crippen LogP contribution in [0.1, 0.15) is 24.3 Å². The minimum atomic E-state index is 0.624. The van der Waals surface area contributed by atoms with E-state index in [0.717, 1.165) is 31.0 Å². The van der Waals surface area contributed by atoms with Gasteiger partial charge in [0.1, 0.15) is 0 Å². The van der Waals surface area contributed by atoms with Gasteiger partial charge in [-0.2, -0.15) is 4.98 Å². The van der Waals surface area contributed by atoms with Crippen molar-refractivity contribution in [1.82, 2.24) is 15.5 Å². The fourth-order valence-corrected chi connectivity index (χ4v) is 2.62. The highest BCUT2D eigenvalue weighted by Crippen LogP contribution is 2.21. The van der Waals surface area contributed by atoms with Gasteiger partial charge in [-0.25, -0.2) is 0 Å². The van der Waals surface area contributed by atoms with E-state index in [-0.39, 0.29) is 0 Å². The molecule has 19 heavy (non-hydrogen) atoms. The van der Waals surface area contributed by atoms with Crippen LogP contribution in [0.3, 0.4) is 0 Å². The summed E-state index contributed by atoms with van der Waals surface area (Å²) in [6, 6.07) is 8.12. The molecule has 100 valence electrons. The largest absolute Gasteiger partial charge is 0.339 e. The number of aromatic nitrogens is 2. The van der Waals surface area contributed by atoms with Crippen LogP contribution in [0.25, 0.3) is 11.4 Å². The second kappa shape index (κ2) is 5.53. The van der Waals surface area contributed by atoms with E-state index < -0.39 is 0 Å². The van der Waals surface area contributed by atoms with E-state index >= 15 is 0 Å². The van der Waals surface area contributed by atoms with E-state index in [1.54, 1.807) is 0 Å². The van der Waals surface area contributed by atoms with Crippen molar-refractivity contribution in [3.05, 3.63) is 35.7 Å². The van der Waals surface area contributed by atoms with E-state index in [0.29, 0.717) is 11.7 Å². The molecular weight excluding hydrogens is 238 g/mol. The summed E-state index contributed by atoms with van der Waals surface area (Å²) < 4.78 is 5.39. The Labute approximate surface area is 113 Å². The van der Waals surface area contributed by atoms with Crippen LogP contribution in [0.5, 0.6) is 0 Å². The Balaban J connectivity index is 1.74. The fraction of sp³-hybridized carbons (Fsp3) is 0.467. The van der Waals surface area contributed by atoms with Crippen molar-refractivity contribution in [2.75, 3.05) is 13.1 Å². The zero-order valence-corrected chi connectivity index (χ0v) is 11.2. The number of rotatable bonds is 3. The van der Waals surface area contributed by atoms with Gasteiger partial charge >= 0.3 is 0 Å². The second-order valence-electron chi connectivity index (χ2n) is 5.24. The van der Waals surface area contributed by atoms with Crippen LogP contribution in [0.2, 0.25) is 0 Å². The van der Waals surface area contributed by atoms with Gasteiger partial charge in [-0.05, 0) is 44.3 Å². The van der Waals surface area contributed by atoms with Crippen LogP contribution >= 0.6 is 0 Å². The molecule has 0 unspecified atom stereocenters. The molecule has 1 aliphatic rings. The third-order valence-electron chi connectivity index (χ3n) is 3.72. The summed E-state index contributed by atoms with van der Waals surface area (Å²) in [5, 5.41) is 7.52. The first kappa shape index (κ1) is 12.4. The molecular formula is C15H19N3O. The molecule has 0 bridgehead atoms. The Kier molecular flexibility index (Phi) is 3.60. The van der Waals surface area contributed by atoms with Gasteiger partial charge in [-0.3, -0.25) is 0 Å². The van der Waals surface area contributed by atoms with E-state index in [9.17, 15) is 0 Å². The van der Waals surface area contributed by atoms with Gasteiger partial charge in [0, 0.05) is 12.0 Å². The third kappa shape index (κ3) is 2.84. The fourth-order valence-electron chi connectivity index (χ4n) is 2.62. The summed E-state index contributed by atoms with van der Waals surface area (Å²) >= 11 is 0. The highest BCUT2D eigenvalue weighted by Gasteiger charge is 2.18. The van der Waals surface area contributed by atoms with Gasteiger partial charge in [0.05, 0.1) is 0 Å². The van der Waals surface area contributed by atoms with Crippen molar-refractivity contribution >= 4 is 0 Å². The number of nitrogens with one attached hydrogen (secondary N) is 1. The molecule has 1 atom stereocenters. The molecule has 0 spiro atoms. The van der Waals surface area contributed by atoms with Crippen LogP contribution in [-0.2, 0) is 6.42 Å². The summed E-state index contributed by atoms with van der Waals surface area (Å²) in [6.45, 7) is 4.26. The average molecular weight is 257 g/mol. The lowest BCUT2D eigenvalue weighted by molar-refractivity contribution is 0.316. The van der Waals surface area contributed by atoms with E-state index in [1.165, 1.54) is 18.4 Å². The topological polar surface area (TPSA) is 51.0 Å². The zero-order valence-electron chi connectivity index (χ0n) is 11.2. The van der Waals surface area contributed by atoms with Crippen molar-refractivity contribution in [2.24, 2.45) is 5.92 Å². The van der Waals surface area contributed by atoms with Crippen LogP contribution < -0.4 is 5.32 Å². The standard InChI is InChI=1S/C15H19N3O/c1-11-5-2-3-7-13(11)15-17-14(19-18-15)9-12-6-4-8-16-10-12/h2-3,5,7,12,16H,4,6,8-10H2,1H3/t12-/m1/s1. The Morgan fingerprint density at radius 3 is 3.05 bits per heavy atom. The Hall–Kier alpha value is -1.68. The summed E-state index contributed by atoms with van der Waals surface area (Å²) in [5.74, 6) is 2.09. The number of hydrogen-bond acceptors (Lipinski definition) is 4. The predicted molar refractivity (Wildman–Crippen MR) is 73.8 cm³/mol. The van der Waals surface area contributed by atoms with Crippen molar-refractivity contribution in [3.63, 3.8) is 0 Å². The van der Waals surface area contributed by atoms with Gasteiger partial charge < -0.3 is 9.84 Å². The molecule has 2 heterocycles. The zero-order chi connectivity index (χ0) is 13.1. The molecule has 1 aromatic carbocycles. The van der Waals surface area contributed by atoms with Crippen molar-refractivity contribution in [1.29, 1.82) is 0 Å². The molecule has 0 aliphatic carbocycles. The molecule has 0 radical (unpaired) electrons. The second-order valence-corrected chi connectivity index (χ2v) is 5.24. The monoisotopic (exact) mass is 257 g/mol. The highest BCUT2D eigenvalue weighted by molar-refractivity contribution is 5.58. The third-order valence-corrected chi connectivity index (χ3v) is 3.72. The van der Waals surface area contributed by atoms with Gasteiger partial charge in [0.2, 0.25) is 11.7 Å². The first-order valence-electron chi connectivity index (χ1n) is 6.92. The number of piperidine rings is 1. The van der Waals surface area contributed by atoms with Gasteiger partial charge in [-0.15, -0.1) is 0 Å². The van der Waals surface area contributed by atoms with E-state index in [2.05, 4.69) is 28.4 Å². The lowest BCUT2D eigenvalue weighted by Crippen LogP contribution is -2.30.